The third kappa shape index (κ3) is 2.79. The molecule has 0 aromatic heterocycles. The summed E-state index contributed by atoms with van der Waals surface area (Å²) < 4.78 is 5.92. The molecule has 3 rings (SSSR count). The van der Waals surface area contributed by atoms with Crippen LogP contribution in [0.2, 0.25) is 0 Å². The molecule has 1 aliphatic rings. The molecule has 0 saturated carbocycles. The van der Waals surface area contributed by atoms with E-state index in [1.807, 2.05) is 0 Å². The Morgan fingerprint density at radius 1 is 1.33 bits per heavy atom. The van der Waals surface area contributed by atoms with Crippen LogP contribution in [0.1, 0.15) is 17.5 Å². The Labute approximate surface area is 124 Å². The maximum absolute atomic E-state index is 11.2. The summed E-state index contributed by atoms with van der Waals surface area (Å²) in [5.41, 5.74) is 2.49. The van der Waals surface area contributed by atoms with Gasteiger partial charge >= 0.3 is 6.03 Å². The van der Waals surface area contributed by atoms with Gasteiger partial charge in [-0.15, -0.1) is 0 Å². The SMILES string of the molecule is CNC(=O)NCCc1cc2ccccc2c2c1OCCC2. The molecular weight excluding hydrogens is 264 g/mol. The van der Waals surface area contributed by atoms with Gasteiger partial charge in [-0.2, -0.15) is 0 Å². The lowest BCUT2D eigenvalue weighted by Crippen LogP contribution is -2.34. The Hall–Kier alpha value is -2.23. The summed E-state index contributed by atoms with van der Waals surface area (Å²) in [6.07, 6.45) is 2.91. The van der Waals surface area contributed by atoms with Crippen molar-refractivity contribution in [2.75, 3.05) is 20.2 Å². The van der Waals surface area contributed by atoms with Crippen LogP contribution in [0.5, 0.6) is 5.75 Å². The molecule has 4 heteroatoms. The minimum atomic E-state index is -0.148. The number of carbonyl (C=O) groups is 1. The van der Waals surface area contributed by atoms with Crippen molar-refractivity contribution in [3.63, 3.8) is 0 Å². The van der Waals surface area contributed by atoms with Gasteiger partial charge in [-0.25, -0.2) is 4.79 Å². The molecule has 0 aliphatic carbocycles. The number of nitrogens with one attached hydrogen (secondary N) is 2. The first-order valence-corrected chi connectivity index (χ1v) is 7.41. The lowest BCUT2D eigenvalue weighted by atomic mass is 9.94. The van der Waals surface area contributed by atoms with E-state index in [-0.39, 0.29) is 6.03 Å². The van der Waals surface area contributed by atoms with Gasteiger partial charge in [0.05, 0.1) is 6.61 Å². The highest BCUT2D eigenvalue weighted by atomic mass is 16.5. The van der Waals surface area contributed by atoms with Crippen molar-refractivity contribution in [3.05, 3.63) is 41.5 Å². The number of aryl methyl sites for hydroxylation is 1. The normalized spacial score (nSPS) is 13.4. The van der Waals surface area contributed by atoms with Crippen molar-refractivity contribution in [1.82, 2.24) is 10.6 Å². The third-order valence-corrected chi connectivity index (χ3v) is 3.91. The van der Waals surface area contributed by atoms with Crippen LogP contribution in [-0.2, 0) is 12.8 Å². The number of rotatable bonds is 3. The summed E-state index contributed by atoms with van der Waals surface area (Å²) in [4.78, 5) is 11.2. The largest absolute Gasteiger partial charge is 0.493 e. The molecule has 2 aromatic rings. The van der Waals surface area contributed by atoms with E-state index in [9.17, 15) is 4.79 Å². The van der Waals surface area contributed by atoms with Crippen LogP contribution in [-0.4, -0.2) is 26.2 Å². The molecule has 0 bridgehead atoms. The van der Waals surface area contributed by atoms with Crippen molar-refractivity contribution >= 4 is 16.8 Å². The molecule has 0 fully saturated rings. The summed E-state index contributed by atoms with van der Waals surface area (Å²) in [6, 6.07) is 10.5. The molecule has 2 aromatic carbocycles. The number of fused-ring (bicyclic) bond motifs is 3. The Balaban J connectivity index is 1.92. The second kappa shape index (κ2) is 6.04. The molecular formula is C17H20N2O2. The maximum atomic E-state index is 11.2. The van der Waals surface area contributed by atoms with Gasteiger partial charge in [-0.05, 0) is 41.7 Å². The fourth-order valence-corrected chi connectivity index (χ4v) is 2.90. The zero-order chi connectivity index (χ0) is 14.7. The van der Waals surface area contributed by atoms with Gasteiger partial charge in [-0.3, -0.25) is 0 Å². The van der Waals surface area contributed by atoms with Crippen LogP contribution in [0.3, 0.4) is 0 Å². The topological polar surface area (TPSA) is 50.4 Å². The highest BCUT2D eigenvalue weighted by Gasteiger charge is 2.18. The highest BCUT2D eigenvalue weighted by molar-refractivity contribution is 5.89. The first-order chi connectivity index (χ1) is 10.3. The molecule has 0 atom stereocenters. The van der Waals surface area contributed by atoms with E-state index in [1.54, 1.807) is 7.05 Å². The van der Waals surface area contributed by atoms with E-state index in [2.05, 4.69) is 41.0 Å². The number of urea groups is 1. The summed E-state index contributed by atoms with van der Waals surface area (Å²) in [5.74, 6) is 1.03. The van der Waals surface area contributed by atoms with Crippen LogP contribution in [0.25, 0.3) is 10.8 Å². The summed E-state index contributed by atoms with van der Waals surface area (Å²) >= 11 is 0. The molecule has 2 amide bonds. The van der Waals surface area contributed by atoms with E-state index in [0.717, 1.165) is 31.6 Å². The van der Waals surface area contributed by atoms with Gasteiger partial charge in [-0.1, -0.05) is 24.3 Å². The first-order valence-electron chi connectivity index (χ1n) is 7.41. The van der Waals surface area contributed by atoms with Crippen LogP contribution in [0.4, 0.5) is 4.79 Å². The molecule has 0 spiro atoms. The van der Waals surface area contributed by atoms with Crippen LogP contribution in [0, 0.1) is 0 Å². The van der Waals surface area contributed by atoms with E-state index in [4.69, 9.17) is 4.74 Å². The number of amides is 2. The molecule has 1 heterocycles. The highest BCUT2D eigenvalue weighted by Crippen LogP contribution is 2.35. The average Bonchev–Trinajstić information content (AvgIpc) is 2.54. The molecule has 21 heavy (non-hydrogen) atoms. The second-order valence-electron chi connectivity index (χ2n) is 5.27. The fourth-order valence-electron chi connectivity index (χ4n) is 2.90. The van der Waals surface area contributed by atoms with E-state index in [0.29, 0.717) is 6.54 Å². The monoisotopic (exact) mass is 284 g/mol. The van der Waals surface area contributed by atoms with Crippen LogP contribution in [0.15, 0.2) is 30.3 Å². The number of benzene rings is 2. The number of hydrogen-bond donors (Lipinski definition) is 2. The predicted molar refractivity (Wildman–Crippen MR) is 83.9 cm³/mol. The molecule has 0 saturated heterocycles. The van der Waals surface area contributed by atoms with Crippen molar-refractivity contribution < 1.29 is 9.53 Å². The van der Waals surface area contributed by atoms with Gasteiger partial charge < -0.3 is 15.4 Å². The van der Waals surface area contributed by atoms with Gasteiger partial charge in [0.1, 0.15) is 5.75 Å². The predicted octanol–water partition coefficient (Wildman–Crippen LogP) is 2.64. The van der Waals surface area contributed by atoms with Gasteiger partial charge in [0.15, 0.2) is 0 Å². The van der Waals surface area contributed by atoms with Crippen molar-refractivity contribution in [3.8, 4) is 5.75 Å². The Morgan fingerprint density at radius 3 is 3.05 bits per heavy atom. The van der Waals surface area contributed by atoms with Gasteiger partial charge in [0, 0.05) is 19.2 Å². The second-order valence-corrected chi connectivity index (χ2v) is 5.27. The zero-order valence-corrected chi connectivity index (χ0v) is 12.2. The number of carbonyl (C=O) groups excluding carboxylic acids is 1. The standard InChI is InChI=1S/C17H20N2O2/c1-18-17(20)19-9-8-13-11-12-5-2-3-6-14(12)15-7-4-10-21-16(13)15/h2-3,5-6,11H,4,7-10H2,1H3,(H2,18,19,20). The molecule has 1 aliphatic heterocycles. The smallest absolute Gasteiger partial charge is 0.314 e. The minimum Gasteiger partial charge on any atom is -0.493 e. The molecule has 110 valence electrons. The number of ether oxygens (including phenoxy) is 1. The summed E-state index contributed by atoms with van der Waals surface area (Å²) in [6.45, 7) is 1.38. The van der Waals surface area contributed by atoms with E-state index in [1.165, 1.54) is 21.9 Å². The van der Waals surface area contributed by atoms with Crippen LogP contribution >= 0.6 is 0 Å². The Bertz CT molecular complexity index is 667. The molecule has 0 unspecified atom stereocenters. The van der Waals surface area contributed by atoms with Crippen molar-refractivity contribution in [2.24, 2.45) is 0 Å². The lowest BCUT2D eigenvalue weighted by molar-refractivity contribution is 0.243. The van der Waals surface area contributed by atoms with Crippen LogP contribution < -0.4 is 15.4 Å². The zero-order valence-electron chi connectivity index (χ0n) is 12.2. The van der Waals surface area contributed by atoms with Crippen molar-refractivity contribution in [2.45, 2.75) is 19.3 Å². The third-order valence-electron chi connectivity index (χ3n) is 3.91. The quantitative estimate of drug-likeness (QED) is 0.910. The van der Waals surface area contributed by atoms with Gasteiger partial charge in [0.25, 0.3) is 0 Å². The molecule has 2 N–H and O–H groups in total. The van der Waals surface area contributed by atoms with Crippen molar-refractivity contribution in [1.29, 1.82) is 0 Å². The average molecular weight is 284 g/mol. The molecule has 0 radical (unpaired) electrons. The number of hydrogen-bond acceptors (Lipinski definition) is 2. The lowest BCUT2D eigenvalue weighted by Gasteiger charge is -2.22. The fraction of sp³-hybridized carbons (Fsp3) is 0.353. The minimum absolute atomic E-state index is 0.148. The Morgan fingerprint density at radius 2 is 2.19 bits per heavy atom. The Kier molecular flexibility index (Phi) is 3.95. The molecule has 4 nitrogen and oxygen atoms in total. The summed E-state index contributed by atoms with van der Waals surface area (Å²) in [7, 11) is 1.62. The maximum Gasteiger partial charge on any atom is 0.314 e. The van der Waals surface area contributed by atoms with Gasteiger partial charge in [0.2, 0.25) is 0 Å². The van der Waals surface area contributed by atoms with E-state index >= 15 is 0 Å². The van der Waals surface area contributed by atoms with E-state index < -0.39 is 0 Å². The first kappa shape index (κ1) is 13.7. The summed E-state index contributed by atoms with van der Waals surface area (Å²) in [5, 5.41) is 7.93.